The van der Waals surface area contributed by atoms with Crippen molar-refractivity contribution in [3.63, 3.8) is 0 Å². The average Bonchev–Trinajstić information content (AvgIpc) is 2.38. The third-order valence-corrected chi connectivity index (χ3v) is 5.53. The van der Waals surface area contributed by atoms with Crippen LogP contribution in [0.1, 0.15) is 26.7 Å². The van der Waals surface area contributed by atoms with Crippen molar-refractivity contribution in [2.24, 2.45) is 0 Å². The Kier molecular flexibility index (Phi) is 4.60. The molecule has 5 nitrogen and oxygen atoms in total. The highest BCUT2D eigenvalue weighted by Crippen LogP contribution is 2.26. The Morgan fingerprint density at radius 1 is 1.24 bits per heavy atom. The number of sulfonamides is 1. The van der Waals surface area contributed by atoms with Gasteiger partial charge in [-0.25, -0.2) is 12.7 Å². The molecule has 1 aliphatic heterocycles. The number of hydrogen-bond donors (Lipinski definition) is 1. The molecule has 0 radical (unpaired) electrons. The quantitative estimate of drug-likeness (QED) is 0.927. The van der Waals surface area contributed by atoms with Gasteiger partial charge in [0.05, 0.1) is 10.5 Å². The molecule has 1 saturated heterocycles. The van der Waals surface area contributed by atoms with E-state index in [0.717, 1.165) is 25.1 Å². The van der Waals surface area contributed by atoms with Crippen LogP contribution in [-0.2, 0) is 14.8 Å². The summed E-state index contributed by atoms with van der Waals surface area (Å²) >= 11 is 0. The zero-order chi connectivity index (χ0) is 15.7. The zero-order valence-corrected chi connectivity index (χ0v) is 13.9. The standard InChI is InChI=1S/C15H24N2O3S/c1-15(2)11-13(9-10-20-15)16-12-5-7-14(8-6-12)21(18,19)17(3)4/h5-8,13,16H,9-11H2,1-4H3. The number of nitrogens with one attached hydrogen (secondary N) is 1. The fourth-order valence-corrected chi connectivity index (χ4v) is 3.43. The van der Waals surface area contributed by atoms with Gasteiger partial charge in [-0.05, 0) is 51.0 Å². The molecule has 0 amide bonds. The van der Waals surface area contributed by atoms with Crippen LogP contribution in [0.5, 0.6) is 0 Å². The second-order valence-corrected chi connectivity index (χ2v) is 8.41. The number of ether oxygens (including phenoxy) is 1. The molecule has 0 aliphatic carbocycles. The lowest BCUT2D eigenvalue weighted by atomic mass is 9.94. The van der Waals surface area contributed by atoms with E-state index in [0.29, 0.717) is 10.9 Å². The first-order chi connectivity index (χ1) is 9.71. The van der Waals surface area contributed by atoms with Gasteiger partial charge in [-0.3, -0.25) is 0 Å². The van der Waals surface area contributed by atoms with Crippen molar-refractivity contribution in [2.45, 2.75) is 43.2 Å². The smallest absolute Gasteiger partial charge is 0.242 e. The summed E-state index contributed by atoms with van der Waals surface area (Å²) in [5, 5.41) is 3.46. The van der Waals surface area contributed by atoms with Crippen LogP contribution in [0.4, 0.5) is 5.69 Å². The van der Waals surface area contributed by atoms with E-state index in [4.69, 9.17) is 4.74 Å². The summed E-state index contributed by atoms with van der Waals surface area (Å²) in [5.41, 5.74) is 0.833. The molecule has 2 rings (SSSR count). The van der Waals surface area contributed by atoms with Crippen molar-refractivity contribution in [1.29, 1.82) is 0 Å². The maximum atomic E-state index is 12.0. The summed E-state index contributed by atoms with van der Waals surface area (Å²) in [4.78, 5) is 0.311. The van der Waals surface area contributed by atoms with Crippen molar-refractivity contribution in [2.75, 3.05) is 26.0 Å². The third-order valence-electron chi connectivity index (χ3n) is 3.70. The summed E-state index contributed by atoms with van der Waals surface area (Å²) in [6.07, 6.45) is 1.89. The Labute approximate surface area is 127 Å². The van der Waals surface area contributed by atoms with Crippen LogP contribution in [0.25, 0.3) is 0 Å². The molecule has 1 atom stereocenters. The monoisotopic (exact) mass is 312 g/mol. The van der Waals surface area contributed by atoms with Gasteiger partial charge < -0.3 is 10.1 Å². The minimum atomic E-state index is -3.36. The van der Waals surface area contributed by atoms with Crippen LogP contribution in [0, 0.1) is 0 Å². The molecule has 118 valence electrons. The van der Waals surface area contributed by atoms with Crippen LogP contribution in [0.3, 0.4) is 0 Å². The molecule has 0 saturated carbocycles. The van der Waals surface area contributed by atoms with Crippen molar-refractivity contribution in [3.8, 4) is 0 Å². The summed E-state index contributed by atoms with van der Waals surface area (Å²) in [7, 11) is -0.293. The SMILES string of the molecule is CN(C)S(=O)(=O)c1ccc(NC2CCOC(C)(C)C2)cc1. The molecule has 1 heterocycles. The third kappa shape index (κ3) is 3.96. The highest BCUT2D eigenvalue weighted by molar-refractivity contribution is 7.89. The first-order valence-electron chi connectivity index (χ1n) is 7.14. The molecule has 1 unspecified atom stereocenters. The normalized spacial score (nSPS) is 22.2. The van der Waals surface area contributed by atoms with E-state index < -0.39 is 10.0 Å². The molecule has 6 heteroatoms. The molecule has 0 aromatic heterocycles. The fraction of sp³-hybridized carbons (Fsp3) is 0.600. The first-order valence-corrected chi connectivity index (χ1v) is 8.58. The van der Waals surface area contributed by atoms with Gasteiger partial charge in [0.2, 0.25) is 10.0 Å². The van der Waals surface area contributed by atoms with Crippen molar-refractivity contribution in [3.05, 3.63) is 24.3 Å². The van der Waals surface area contributed by atoms with Crippen molar-refractivity contribution in [1.82, 2.24) is 4.31 Å². The van der Waals surface area contributed by atoms with Crippen LogP contribution in [-0.4, -0.2) is 45.1 Å². The summed E-state index contributed by atoms with van der Waals surface area (Å²) in [5.74, 6) is 0. The fourth-order valence-electron chi connectivity index (χ4n) is 2.52. The lowest BCUT2D eigenvalue weighted by molar-refractivity contribution is -0.0553. The Bertz CT molecular complexity index is 579. The minimum absolute atomic E-state index is 0.107. The molecule has 1 aromatic rings. The molecule has 1 aromatic carbocycles. The number of nitrogens with zero attached hydrogens (tertiary/aromatic N) is 1. The van der Waals surface area contributed by atoms with E-state index in [-0.39, 0.29) is 5.60 Å². The topological polar surface area (TPSA) is 58.6 Å². The Morgan fingerprint density at radius 2 is 1.86 bits per heavy atom. The van der Waals surface area contributed by atoms with Crippen LogP contribution in [0.15, 0.2) is 29.2 Å². The Morgan fingerprint density at radius 3 is 2.38 bits per heavy atom. The Balaban J connectivity index is 2.06. The van der Waals surface area contributed by atoms with Gasteiger partial charge in [0.1, 0.15) is 0 Å². The van der Waals surface area contributed by atoms with Crippen molar-refractivity contribution >= 4 is 15.7 Å². The lowest BCUT2D eigenvalue weighted by Gasteiger charge is -2.36. The van der Waals surface area contributed by atoms with E-state index in [9.17, 15) is 8.42 Å². The van der Waals surface area contributed by atoms with Gasteiger partial charge in [-0.2, -0.15) is 0 Å². The van der Waals surface area contributed by atoms with Crippen LogP contribution < -0.4 is 5.32 Å². The van der Waals surface area contributed by atoms with Gasteiger partial charge in [0.15, 0.2) is 0 Å². The molecule has 21 heavy (non-hydrogen) atoms. The summed E-state index contributed by atoms with van der Waals surface area (Å²) < 4.78 is 30.9. The number of anilines is 1. The molecular formula is C15H24N2O3S. The van der Waals surface area contributed by atoms with Gasteiger partial charge in [0.25, 0.3) is 0 Å². The highest BCUT2D eigenvalue weighted by atomic mass is 32.2. The molecule has 1 N–H and O–H groups in total. The molecule has 0 spiro atoms. The summed E-state index contributed by atoms with van der Waals surface area (Å²) in [6, 6.07) is 7.27. The van der Waals surface area contributed by atoms with E-state index in [2.05, 4.69) is 19.2 Å². The average molecular weight is 312 g/mol. The van der Waals surface area contributed by atoms with Crippen molar-refractivity contribution < 1.29 is 13.2 Å². The molecule has 0 bridgehead atoms. The van der Waals surface area contributed by atoms with Gasteiger partial charge in [-0.1, -0.05) is 0 Å². The second-order valence-electron chi connectivity index (χ2n) is 6.25. The predicted molar refractivity (Wildman–Crippen MR) is 84.0 cm³/mol. The van der Waals surface area contributed by atoms with E-state index in [1.54, 1.807) is 12.1 Å². The summed E-state index contributed by atoms with van der Waals surface area (Å²) in [6.45, 7) is 4.93. The first kappa shape index (κ1) is 16.3. The minimum Gasteiger partial charge on any atom is -0.382 e. The van der Waals surface area contributed by atoms with Gasteiger partial charge in [0, 0.05) is 32.4 Å². The molecular weight excluding hydrogens is 288 g/mol. The second kappa shape index (κ2) is 5.94. The number of benzene rings is 1. The number of rotatable bonds is 4. The Hall–Kier alpha value is -1.11. The predicted octanol–water partition coefficient (Wildman–Crippen LogP) is 2.31. The van der Waals surface area contributed by atoms with Gasteiger partial charge in [-0.15, -0.1) is 0 Å². The molecule has 1 fully saturated rings. The van der Waals surface area contributed by atoms with Crippen LogP contribution >= 0.6 is 0 Å². The van der Waals surface area contributed by atoms with E-state index in [1.807, 2.05) is 12.1 Å². The van der Waals surface area contributed by atoms with Crippen LogP contribution in [0.2, 0.25) is 0 Å². The maximum Gasteiger partial charge on any atom is 0.242 e. The van der Waals surface area contributed by atoms with E-state index >= 15 is 0 Å². The zero-order valence-electron chi connectivity index (χ0n) is 13.1. The highest BCUT2D eigenvalue weighted by Gasteiger charge is 2.28. The number of hydrogen-bond acceptors (Lipinski definition) is 4. The largest absolute Gasteiger partial charge is 0.382 e. The maximum absolute atomic E-state index is 12.0. The molecule has 1 aliphatic rings. The van der Waals surface area contributed by atoms with Gasteiger partial charge >= 0.3 is 0 Å². The lowest BCUT2D eigenvalue weighted by Crippen LogP contribution is -2.40. The van der Waals surface area contributed by atoms with E-state index in [1.165, 1.54) is 18.4 Å².